The predicted molar refractivity (Wildman–Crippen MR) is 85.2 cm³/mol. The van der Waals surface area contributed by atoms with Gasteiger partial charge in [-0.05, 0) is 25.3 Å². The normalized spacial score (nSPS) is 18.9. The van der Waals surface area contributed by atoms with E-state index < -0.39 is 0 Å². The number of aromatic hydroxyl groups is 1. The van der Waals surface area contributed by atoms with Gasteiger partial charge in [0.1, 0.15) is 0 Å². The summed E-state index contributed by atoms with van der Waals surface area (Å²) >= 11 is 6.03. The largest absolute Gasteiger partial charge is 0.480 e. The van der Waals surface area contributed by atoms with Crippen LogP contribution < -0.4 is 0 Å². The zero-order chi connectivity index (χ0) is 15.7. The molecule has 2 N–H and O–H groups in total. The molecule has 7 heteroatoms. The summed E-state index contributed by atoms with van der Waals surface area (Å²) < 4.78 is 1.82. The van der Waals surface area contributed by atoms with Crippen molar-refractivity contribution in [1.29, 1.82) is 0 Å². The molecular weight excluding hydrogens is 304 g/mol. The molecule has 1 fully saturated rings. The van der Waals surface area contributed by atoms with Gasteiger partial charge in [-0.2, -0.15) is 4.98 Å². The monoisotopic (exact) mass is 324 g/mol. The van der Waals surface area contributed by atoms with Gasteiger partial charge in [-0.25, -0.2) is 4.98 Å². The van der Waals surface area contributed by atoms with Gasteiger partial charge in [0.05, 0.1) is 22.7 Å². The third kappa shape index (κ3) is 3.04. The standard InChI is InChI=1S/C15H21ClN4O2/c1-2-11(9-19-5-3-12(21)4-6-19)20-13-7-10(16)8-17-14(13)18-15(20)22/h7-8,11-12,21H,2-6,9H2,1H3,(H,17,18,22)/t11-/m1/s1. The molecule has 0 spiro atoms. The van der Waals surface area contributed by atoms with Crippen LogP contribution in [0.25, 0.3) is 11.2 Å². The Morgan fingerprint density at radius 2 is 2.14 bits per heavy atom. The van der Waals surface area contributed by atoms with E-state index in [4.69, 9.17) is 11.6 Å². The summed E-state index contributed by atoms with van der Waals surface area (Å²) in [5, 5.41) is 20.4. The molecule has 3 heterocycles. The van der Waals surface area contributed by atoms with Crippen LogP contribution in [0.15, 0.2) is 12.3 Å². The van der Waals surface area contributed by atoms with Gasteiger partial charge in [0.15, 0.2) is 5.65 Å². The van der Waals surface area contributed by atoms with E-state index in [2.05, 4.69) is 21.8 Å². The summed E-state index contributed by atoms with van der Waals surface area (Å²) in [6.07, 6.45) is 3.83. The maximum atomic E-state index is 10.2. The number of likely N-dealkylation sites (tertiary alicyclic amines) is 1. The van der Waals surface area contributed by atoms with E-state index in [1.807, 2.05) is 4.57 Å². The van der Waals surface area contributed by atoms with Crippen LogP contribution in [-0.4, -0.2) is 55.4 Å². The van der Waals surface area contributed by atoms with Crippen molar-refractivity contribution in [2.45, 2.75) is 38.3 Å². The highest BCUT2D eigenvalue weighted by molar-refractivity contribution is 6.31. The molecule has 0 aliphatic carbocycles. The number of hydrogen-bond acceptors (Lipinski definition) is 5. The highest BCUT2D eigenvalue weighted by Gasteiger charge is 2.23. The fourth-order valence-corrected chi connectivity index (χ4v) is 3.25. The molecule has 3 rings (SSSR count). The van der Waals surface area contributed by atoms with Crippen molar-refractivity contribution in [3.63, 3.8) is 0 Å². The number of imidazole rings is 1. The quantitative estimate of drug-likeness (QED) is 0.902. The zero-order valence-corrected chi connectivity index (χ0v) is 13.4. The van der Waals surface area contributed by atoms with Crippen molar-refractivity contribution >= 4 is 22.8 Å². The van der Waals surface area contributed by atoms with Gasteiger partial charge in [-0.15, -0.1) is 0 Å². The minimum atomic E-state index is -0.179. The first kappa shape index (κ1) is 15.5. The minimum Gasteiger partial charge on any atom is -0.480 e. The number of aromatic nitrogens is 3. The van der Waals surface area contributed by atoms with Crippen molar-refractivity contribution in [2.24, 2.45) is 0 Å². The lowest BCUT2D eigenvalue weighted by Crippen LogP contribution is -2.39. The van der Waals surface area contributed by atoms with E-state index in [0.29, 0.717) is 10.7 Å². The second kappa shape index (κ2) is 6.40. The summed E-state index contributed by atoms with van der Waals surface area (Å²) in [6.45, 7) is 4.66. The molecule has 0 amide bonds. The lowest BCUT2D eigenvalue weighted by Gasteiger charge is -2.32. The van der Waals surface area contributed by atoms with E-state index in [1.165, 1.54) is 6.20 Å². The molecular formula is C15H21ClN4O2. The van der Waals surface area contributed by atoms with Crippen LogP contribution in [0.5, 0.6) is 6.01 Å². The molecule has 1 atom stereocenters. The Labute approximate surface area is 134 Å². The number of aliphatic hydroxyl groups excluding tert-OH is 1. The van der Waals surface area contributed by atoms with Crippen molar-refractivity contribution in [3.8, 4) is 6.01 Å². The first-order chi connectivity index (χ1) is 10.6. The summed E-state index contributed by atoms with van der Waals surface area (Å²) in [7, 11) is 0. The van der Waals surface area contributed by atoms with E-state index >= 15 is 0 Å². The van der Waals surface area contributed by atoms with Crippen molar-refractivity contribution in [3.05, 3.63) is 17.3 Å². The number of piperidine rings is 1. The van der Waals surface area contributed by atoms with Crippen LogP contribution in [0.1, 0.15) is 32.2 Å². The van der Waals surface area contributed by atoms with E-state index in [9.17, 15) is 10.2 Å². The Kier molecular flexibility index (Phi) is 4.52. The van der Waals surface area contributed by atoms with Crippen LogP contribution in [0, 0.1) is 0 Å². The molecule has 0 aromatic carbocycles. The zero-order valence-electron chi connectivity index (χ0n) is 12.6. The summed E-state index contributed by atoms with van der Waals surface area (Å²) in [6, 6.07) is 1.87. The molecule has 0 bridgehead atoms. The topological polar surface area (TPSA) is 74.4 Å². The predicted octanol–water partition coefficient (Wildman–Crippen LogP) is 2.20. The number of halogens is 1. The Bertz CT molecular complexity index is 652. The summed E-state index contributed by atoms with van der Waals surface area (Å²) in [4.78, 5) is 10.6. The lowest BCUT2D eigenvalue weighted by atomic mass is 10.1. The van der Waals surface area contributed by atoms with Gasteiger partial charge in [0.25, 0.3) is 6.01 Å². The van der Waals surface area contributed by atoms with Crippen molar-refractivity contribution in [1.82, 2.24) is 19.4 Å². The van der Waals surface area contributed by atoms with E-state index in [1.54, 1.807) is 6.07 Å². The fraction of sp³-hybridized carbons (Fsp3) is 0.600. The van der Waals surface area contributed by atoms with Crippen LogP contribution in [0.4, 0.5) is 0 Å². The fourth-order valence-electron chi connectivity index (χ4n) is 3.09. The van der Waals surface area contributed by atoms with Gasteiger partial charge >= 0.3 is 0 Å². The molecule has 1 saturated heterocycles. The third-order valence-electron chi connectivity index (χ3n) is 4.36. The van der Waals surface area contributed by atoms with Crippen LogP contribution in [0.3, 0.4) is 0 Å². The SMILES string of the molecule is CC[C@H](CN1CCC(O)CC1)n1c(O)nc2ncc(Cl)cc21. The van der Waals surface area contributed by atoms with Gasteiger partial charge in [0.2, 0.25) is 0 Å². The molecule has 1 aliphatic rings. The summed E-state index contributed by atoms with van der Waals surface area (Å²) in [5.74, 6) is 0. The van der Waals surface area contributed by atoms with Gasteiger partial charge in [-0.1, -0.05) is 18.5 Å². The second-order valence-corrected chi connectivity index (χ2v) is 6.31. The number of rotatable bonds is 4. The maximum absolute atomic E-state index is 10.2. The van der Waals surface area contributed by atoms with Gasteiger partial charge in [0, 0.05) is 25.8 Å². The number of pyridine rings is 1. The molecule has 0 saturated carbocycles. The molecule has 0 unspecified atom stereocenters. The Balaban J connectivity index is 1.87. The van der Waals surface area contributed by atoms with Crippen molar-refractivity contribution < 1.29 is 10.2 Å². The Morgan fingerprint density at radius 1 is 1.41 bits per heavy atom. The van der Waals surface area contributed by atoms with E-state index in [0.717, 1.165) is 44.4 Å². The molecule has 120 valence electrons. The van der Waals surface area contributed by atoms with Crippen LogP contribution in [-0.2, 0) is 0 Å². The highest BCUT2D eigenvalue weighted by atomic mass is 35.5. The molecule has 22 heavy (non-hydrogen) atoms. The first-order valence-corrected chi connectivity index (χ1v) is 8.09. The maximum Gasteiger partial charge on any atom is 0.296 e. The average Bonchev–Trinajstić information content (AvgIpc) is 2.82. The Hall–Kier alpha value is -1.37. The minimum absolute atomic E-state index is 0.0198. The lowest BCUT2D eigenvalue weighted by molar-refractivity contribution is 0.0748. The smallest absolute Gasteiger partial charge is 0.296 e. The van der Waals surface area contributed by atoms with Gasteiger partial charge in [-0.3, -0.25) is 4.57 Å². The number of hydrogen-bond donors (Lipinski definition) is 2. The average molecular weight is 325 g/mol. The number of fused-ring (bicyclic) bond motifs is 1. The molecule has 2 aromatic rings. The molecule has 6 nitrogen and oxygen atoms in total. The third-order valence-corrected chi connectivity index (χ3v) is 4.56. The van der Waals surface area contributed by atoms with Crippen LogP contribution in [0.2, 0.25) is 5.02 Å². The first-order valence-electron chi connectivity index (χ1n) is 7.71. The van der Waals surface area contributed by atoms with Crippen LogP contribution >= 0.6 is 11.6 Å². The number of nitrogens with zero attached hydrogens (tertiary/aromatic N) is 4. The highest BCUT2D eigenvalue weighted by Crippen LogP contribution is 2.28. The molecule has 2 aromatic heterocycles. The second-order valence-electron chi connectivity index (χ2n) is 5.87. The Morgan fingerprint density at radius 3 is 2.82 bits per heavy atom. The molecule has 0 radical (unpaired) electrons. The summed E-state index contributed by atoms with van der Waals surface area (Å²) in [5.41, 5.74) is 1.27. The van der Waals surface area contributed by atoms with E-state index in [-0.39, 0.29) is 18.2 Å². The van der Waals surface area contributed by atoms with Crippen molar-refractivity contribution in [2.75, 3.05) is 19.6 Å². The van der Waals surface area contributed by atoms with Gasteiger partial charge < -0.3 is 15.1 Å². The number of aliphatic hydroxyl groups is 1. The molecule has 1 aliphatic heterocycles.